The fraction of sp³-hybridized carbons (Fsp3) is 0.214. The SMILES string of the molecule is Cc1cc(NCc2ccc(CC(=O)O)s2)ccc1[N+](=O)[O-]. The zero-order chi connectivity index (χ0) is 15.4. The largest absolute Gasteiger partial charge is 0.481 e. The van der Waals surface area contributed by atoms with Gasteiger partial charge in [0.25, 0.3) is 5.69 Å². The molecule has 6 nitrogen and oxygen atoms in total. The highest BCUT2D eigenvalue weighted by atomic mass is 32.1. The molecule has 2 aromatic rings. The molecule has 0 aliphatic carbocycles. The van der Waals surface area contributed by atoms with E-state index in [4.69, 9.17) is 5.11 Å². The number of benzene rings is 1. The van der Waals surface area contributed by atoms with Crippen molar-refractivity contribution in [2.75, 3.05) is 5.32 Å². The summed E-state index contributed by atoms with van der Waals surface area (Å²) >= 11 is 1.44. The van der Waals surface area contributed by atoms with Gasteiger partial charge in [0.1, 0.15) is 0 Å². The Kier molecular flexibility index (Phi) is 4.54. The summed E-state index contributed by atoms with van der Waals surface area (Å²) in [4.78, 5) is 22.8. The molecule has 0 saturated heterocycles. The second-order valence-electron chi connectivity index (χ2n) is 4.55. The van der Waals surface area contributed by atoms with Crippen molar-refractivity contribution in [2.45, 2.75) is 19.9 Å². The molecule has 0 fully saturated rings. The van der Waals surface area contributed by atoms with Gasteiger partial charge in [-0.3, -0.25) is 14.9 Å². The van der Waals surface area contributed by atoms with E-state index in [0.717, 1.165) is 15.4 Å². The second-order valence-corrected chi connectivity index (χ2v) is 5.80. The number of aryl methyl sites for hydroxylation is 1. The number of nitrogens with one attached hydrogen (secondary N) is 1. The van der Waals surface area contributed by atoms with Crippen LogP contribution in [-0.4, -0.2) is 16.0 Å². The first-order chi connectivity index (χ1) is 9.95. The molecule has 0 saturated carbocycles. The molecule has 0 spiro atoms. The molecule has 0 unspecified atom stereocenters. The van der Waals surface area contributed by atoms with Gasteiger partial charge in [-0.15, -0.1) is 11.3 Å². The minimum Gasteiger partial charge on any atom is -0.481 e. The van der Waals surface area contributed by atoms with E-state index in [1.54, 1.807) is 25.1 Å². The van der Waals surface area contributed by atoms with Crippen molar-refractivity contribution < 1.29 is 14.8 Å². The summed E-state index contributed by atoms with van der Waals surface area (Å²) in [6.45, 7) is 2.25. The number of carboxylic acid groups (broad SMARTS) is 1. The number of rotatable bonds is 6. The smallest absolute Gasteiger partial charge is 0.308 e. The zero-order valence-corrected chi connectivity index (χ0v) is 12.1. The molecule has 2 N–H and O–H groups in total. The van der Waals surface area contributed by atoms with Gasteiger partial charge in [0.05, 0.1) is 11.3 Å². The Morgan fingerprint density at radius 1 is 1.33 bits per heavy atom. The van der Waals surface area contributed by atoms with Crippen molar-refractivity contribution in [3.63, 3.8) is 0 Å². The monoisotopic (exact) mass is 306 g/mol. The van der Waals surface area contributed by atoms with E-state index < -0.39 is 10.9 Å². The van der Waals surface area contributed by atoms with Crippen LogP contribution in [0.2, 0.25) is 0 Å². The van der Waals surface area contributed by atoms with E-state index in [1.165, 1.54) is 17.4 Å². The minimum atomic E-state index is -0.845. The average molecular weight is 306 g/mol. The lowest BCUT2D eigenvalue weighted by Gasteiger charge is -2.06. The molecular formula is C14H14N2O4S. The summed E-state index contributed by atoms with van der Waals surface area (Å²) in [7, 11) is 0. The maximum absolute atomic E-state index is 10.7. The van der Waals surface area contributed by atoms with Gasteiger partial charge in [-0.2, -0.15) is 0 Å². The molecule has 0 amide bonds. The van der Waals surface area contributed by atoms with Gasteiger partial charge >= 0.3 is 5.97 Å². The number of carbonyl (C=O) groups is 1. The van der Waals surface area contributed by atoms with Crippen molar-refractivity contribution in [1.29, 1.82) is 0 Å². The van der Waals surface area contributed by atoms with E-state index in [1.807, 2.05) is 6.07 Å². The maximum Gasteiger partial charge on any atom is 0.308 e. The van der Waals surface area contributed by atoms with E-state index in [9.17, 15) is 14.9 Å². The molecule has 0 atom stereocenters. The van der Waals surface area contributed by atoms with Crippen LogP contribution in [0.5, 0.6) is 0 Å². The van der Waals surface area contributed by atoms with Crippen LogP contribution in [-0.2, 0) is 17.8 Å². The summed E-state index contributed by atoms with van der Waals surface area (Å²) < 4.78 is 0. The highest BCUT2D eigenvalue weighted by Crippen LogP contribution is 2.23. The molecule has 7 heteroatoms. The highest BCUT2D eigenvalue weighted by Gasteiger charge is 2.10. The number of hydrogen-bond donors (Lipinski definition) is 2. The Labute approximate surface area is 125 Å². The van der Waals surface area contributed by atoms with Gasteiger partial charge in [0.15, 0.2) is 0 Å². The van der Waals surface area contributed by atoms with Crippen LogP contribution in [0.25, 0.3) is 0 Å². The Morgan fingerprint density at radius 3 is 2.67 bits per heavy atom. The predicted octanol–water partition coefficient (Wildman–Crippen LogP) is 3.20. The first-order valence-electron chi connectivity index (χ1n) is 6.24. The number of hydrogen-bond acceptors (Lipinski definition) is 5. The Bertz CT molecular complexity index is 681. The van der Waals surface area contributed by atoms with Gasteiger partial charge < -0.3 is 10.4 Å². The first kappa shape index (κ1) is 15.0. The minimum absolute atomic E-state index is 0.0291. The third-order valence-electron chi connectivity index (χ3n) is 2.90. The number of nitro groups is 1. The molecule has 0 radical (unpaired) electrons. The molecule has 0 aliphatic heterocycles. The number of carboxylic acids is 1. The molecule has 0 aliphatic rings. The lowest BCUT2D eigenvalue weighted by atomic mass is 10.2. The van der Waals surface area contributed by atoms with Crippen molar-refractivity contribution in [2.24, 2.45) is 0 Å². The molecule has 0 bridgehead atoms. The van der Waals surface area contributed by atoms with Crippen LogP contribution in [0.4, 0.5) is 11.4 Å². The van der Waals surface area contributed by atoms with Crippen molar-refractivity contribution in [1.82, 2.24) is 0 Å². The van der Waals surface area contributed by atoms with Crippen molar-refractivity contribution in [3.8, 4) is 0 Å². The summed E-state index contributed by atoms with van der Waals surface area (Å²) in [5, 5.41) is 22.6. The second kappa shape index (κ2) is 6.36. The van der Waals surface area contributed by atoms with E-state index >= 15 is 0 Å². The van der Waals surface area contributed by atoms with E-state index in [2.05, 4.69) is 5.32 Å². The van der Waals surface area contributed by atoms with Crippen molar-refractivity contribution in [3.05, 3.63) is 55.8 Å². The number of aliphatic carboxylic acids is 1. The summed E-state index contributed by atoms with van der Waals surface area (Å²) in [5.74, 6) is -0.845. The molecular weight excluding hydrogens is 292 g/mol. The third kappa shape index (κ3) is 4.03. The Balaban J connectivity index is 1.99. The molecule has 1 aromatic carbocycles. The first-order valence-corrected chi connectivity index (χ1v) is 7.05. The maximum atomic E-state index is 10.7. The van der Waals surface area contributed by atoms with Gasteiger partial charge in [-0.25, -0.2) is 0 Å². The lowest BCUT2D eigenvalue weighted by molar-refractivity contribution is -0.385. The molecule has 21 heavy (non-hydrogen) atoms. The lowest BCUT2D eigenvalue weighted by Crippen LogP contribution is -1.99. The molecule has 1 aromatic heterocycles. The van der Waals surface area contributed by atoms with Crippen LogP contribution in [0, 0.1) is 17.0 Å². The third-order valence-corrected chi connectivity index (χ3v) is 3.99. The van der Waals surface area contributed by atoms with Crippen LogP contribution in [0.15, 0.2) is 30.3 Å². The average Bonchev–Trinajstić information content (AvgIpc) is 2.82. The van der Waals surface area contributed by atoms with E-state index in [-0.39, 0.29) is 12.1 Å². The quantitative estimate of drug-likeness (QED) is 0.631. The van der Waals surface area contributed by atoms with Crippen LogP contribution in [0.3, 0.4) is 0 Å². The highest BCUT2D eigenvalue weighted by molar-refractivity contribution is 7.12. The molecule has 110 valence electrons. The fourth-order valence-corrected chi connectivity index (χ4v) is 2.87. The fourth-order valence-electron chi connectivity index (χ4n) is 1.92. The molecule has 1 heterocycles. The van der Waals surface area contributed by atoms with Crippen LogP contribution in [0.1, 0.15) is 15.3 Å². The predicted molar refractivity (Wildman–Crippen MR) is 80.8 cm³/mol. The van der Waals surface area contributed by atoms with Crippen LogP contribution >= 0.6 is 11.3 Å². The van der Waals surface area contributed by atoms with E-state index in [0.29, 0.717) is 12.1 Å². The number of thiophene rings is 1. The Morgan fingerprint density at radius 2 is 2.05 bits per heavy atom. The van der Waals surface area contributed by atoms with Gasteiger partial charge in [0, 0.05) is 33.6 Å². The van der Waals surface area contributed by atoms with Gasteiger partial charge in [-0.1, -0.05) is 0 Å². The van der Waals surface area contributed by atoms with Crippen LogP contribution < -0.4 is 5.32 Å². The Hall–Kier alpha value is -2.41. The zero-order valence-electron chi connectivity index (χ0n) is 11.3. The summed E-state index contributed by atoms with van der Waals surface area (Å²) in [6, 6.07) is 8.55. The number of anilines is 1. The normalized spacial score (nSPS) is 10.3. The number of nitrogens with zero attached hydrogens (tertiary/aromatic N) is 1. The van der Waals surface area contributed by atoms with Gasteiger partial charge in [0.2, 0.25) is 0 Å². The number of nitro benzene ring substituents is 1. The van der Waals surface area contributed by atoms with Gasteiger partial charge in [-0.05, 0) is 31.2 Å². The topological polar surface area (TPSA) is 92.5 Å². The summed E-state index contributed by atoms with van der Waals surface area (Å²) in [5.41, 5.74) is 1.49. The molecule has 2 rings (SSSR count). The standard InChI is InChI=1S/C14H14N2O4S/c1-9-6-10(2-5-13(9)16(19)20)15-8-12-4-3-11(21-12)7-14(17)18/h2-6,15H,7-8H2,1H3,(H,17,18). The van der Waals surface area contributed by atoms with Crippen molar-refractivity contribution >= 4 is 28.7 Å². The summed E-state index contributed by atoms with van der Waals surface area (Å²) in [6.07, 6.45) is 0.0291.